The molecule has 1 N–H and O–H groups in total. The summed E-state index contributed by atoms with van der Waals surface area (Å²) in [5.41, 5.74) is -0.215. The van der Waals surface area contributed by atoms with Gasteiger partial charge in [0.15, 0.2) is 0 Å². The smallest absolute Gasteiger partial charge is 0.263 e. The number of hydrogen-bond donors (Lipinski definition) is 1. The molecule has 1 saturated carbocycles. The van der Waals surface area contributed by atoms with Gasteiger partial charge >= 0.3 is 0 Å². The first kappa shape index (κ1) is 20.5. The number of nitrogens with one attached hydrogen (secondary N) is 1. The molecule has 0 aromatic carbocycles. The summed E-state index contributed by atoms with van der Waals surface area (Å²) in [5, 5.41) is 0. The van der Waals surface area contributed by atoms with Crippen molar-refractivity contribution in [2.45, 2.75) is 70.4 Å². The maximum atomic E-state index is 13.2. The van der Waals surface area contributed by atoms with E-state index in [0.717, 1.165) is 51.4 Å². The molecule has 1 amide bonds. The third kappa shape index (κ3) is 5.07. The number of H-pyrrole nitrogens is 1. The SMILES string of the molecule is Cc1ncc(C(=O)N(CC2CCN(C3CCCC3)CC2)CC2CCCO2)c(=O)[nH]1. The molecule has 2 saturated heterocycles. The Balaban J connectivity index is 1.41. The number of likely N-dealkylation sites (tertiary alicyclic amines) is 1. The second-order valence-electron chi connectivity index (χ2n) is 8.97. The van der Waals surface area contributed by atoms with E-state index in [-0.39, 0.29) is 23.1 Å². The Morgan fingerprint density at radius 2 is 1.93 bits per heavy atom. The van der Waals surface area contributed by atoms with Crippen molar-refractivity contribution in [3.63, 3.8) is 0 Å². The molecule has 0 bridgehead atoms. The maximum Gasteiger partial charge on any atom is 0.263 e. The Labute approximate surface area is 172 Å². The minimum absolute atomic E-state index is 0.0787. The summed E-state index contributed by atoms with van der Waals surface area (Å²) in [6.07, 6.45) is 11.2. The molecule has 3 fully saturated rings. The summed E-state index contributed by atoms with van der Waals surface area (Å²) in [7, 11) is 0. The summed E-state index contributed by atoms with van der Waals surface area (Å²) in [6, 6.07) is 0.776. The van der Waals surface area contributed by atoms with E-state index in [9.17, 15) is 9.59 Å². The highest BCUT2D eigenvalue weighted by Gasteiger charge is 2.31. The van der Waals surface area contributed by atoms with Crippen molar-refractivity contribution < 1.29 is 9.53 Å². The van der Waals surface area contributed by atoms with Crippen molar-refractivity contribution in [3.05, 3.63) is 27.9 Å². The Bertz CT molecular complexity index is 745. The molecule has 1 unspecified atom stereocenters. The number of piperidine rings is 1. The van der Waals surface area contributed by atoms with Crippen LogP contribution in [0, 0.1) is 12.8 Å². The second-order valence-corrected chi connectivity index (χ2v) is 8.97. The van der Waals surface area contributed by atoms with E-state index in [1.54, 1.807) is 6.92 Å². The Morgan fingerprint density at radius 1 is 1.17 bits per heavy atom. The first-order valence-corrected chi connectivity index (χ1v) is 11.3. The molecular weight excluding hydrogens is 368 g/mol. The van der Waals surface area contributed by atoms with Gasteiger partial charge in [0.05, 0.1) is 6.10 Å². The van der Waals surface area contributed by atoms with Crippen LogP contribution in [0.2, 0.25) is 0 Å². The lowest BCUT2D eigenvalue weighted by molar-refractivity contribution is 0.0427. The number of amides is 1. The molecule has 7 heteroatoms. The summed E-state index contributed by atoms with van der Waals surface area (Å²) in [4.78, 5) is 36.8. The zero-order valence-corrected chi connectivity index (χ0v) is 17.6. The summed E-state index contributed by atoms with van der Waals surface area (Å²) in [6.45, 7) is 6.00. The highest BCUT2D eigenvalue weighted by Crippen LogP contribution is 2.28. The van der Waals surface area contributed by atoms with Gasteiger partial charge in [-0.2, -0.15) is 0 Å². The molecule has 7 nitrogen and oxygen atoms in total. The molecule has 3 aliphatic rings. The van der Waals surface area contributed by atoms with E-state index in [2.05, 4.69) is 14.9 Å². The van der Waals surface area contributed by atoms with Crippen LogP contribution in [0.15, 0.2) is 11.0 Å². The lowest BCUT2D eigenvalue weighted by Gasteiger charge is -2.38. The van der Waals surface area contributed by atoms with E-state index in [4.69, 9.17) is 4.74 Å². The topological polar surface area (TPSA) is 78.5 Å². The fourth-order valence-corrected chi connectivity index (χ4v) is 5.16. The summed E-state index contributed by atoms with van der Waals surface area (Å²) < 4.78 is 5.79. The van der Waals surface area contributed by atoms with E-state index in [1.807, 2.05) is 4.90 Å². The van der Waals surface area contributed by atoms with Crippen LogP contribution in [0.4, 0.5) is 0 Å². The van der Waals surface area contributed by atoms with Crippen LogP contribution < -0.4 is 5.56 Å². The number of ether oxygens (including phenoxy) is 1. The molecule has 0 spiro atoms. The van der Waals surface area contributed by atoms with Gasteiger partial charge in [-0.3, -0.25) is 9.59 Å². The van der Waals surface area contributed by atoms with E-state index in [0.29, 0.717) is 24.8 Å². The number of carbonyl (C=O) groups excluding carboxylic acids is 1. The molecule has 2 aliphatic heterocycles. The van der Waals surface area contributed by atoms with Gasteiger partial charge in [-0.05, 0) is 64.5 Å². The van der Waals surface area contributed by atoms with Gasteiger partial charge in [0.1, 0.15) is 11.4 Å². The second kappa shape index (κ2) is 9.39. The number of nitrogens with zero attached hydrogens (tertiary/aromatic N) is 3. The highest BCUT2D eigenvalue weighted by molar-refractivity contribution is 5.93. The van der Waals surface area contributed by atoms with Crippen LogP contribution >= 0.6 is 0 Å². The number of aryl methyl sites for hydroxylation is 1. The first-order chi connectivity index (χ1) is 14.1. The van der Waals surface area contributed by atoms with Gasteiger partial charge in [0, 0.05) is 31.9 Å². The van der Waals surface area contributed by atoms with Crippen molar-refractivity contribution in [1.29, 1.82) is 0 Å². The zero-order valence-electron chi connectivity index (χ0n) is 17.6. The van der Waals surface area contributed by atoms with Gasteiger partial charge in [-0.15, -0.1) is 0 Å². The Morgan fingerprint density at radius 3 is 2.59 bits per heavy atom. The minimum Gasteiger partial charge on any atom is -0.376 e. The lowest BCUT2D eigenvalue weighted by Crippen LogP contribution is -2.46. The van der Waals surface area contributed by atoms with Crippen LogP contribution in [0.5, 0.6) is 0 Å². The minimum atomic E-state index is -0.351. The average Bonchev–Trinajstić information content (AvgIpc) is 3.42. The number of hydrogen-bond acceptors (Lipinski definition) is 5. The van der Waals surface area contributed by atoms with Gasteiger partial charge < -0.3 is 19.5 Å². The third-order valence-corrected chi connectivity index (χ3v) is 6.86. The fourth-order valence-electron chi connectivity index (χ4n) is 5.16. The lowest BCUT2D eigenvalue weighted by atomic mass is 9.94. The first-order valence-electron chi connectivity index (χ1n) is 11.3. The van der Waals surface area contributed by atoms with Crippen molar-refractivity contribution in [1.82, 2.24) is 19.8 Å². The van der Waals surface area contributed by atoms with Crippen LogP contribution in [-0.2, 0) is 4.74 Å². The van der Waals surface area contributed by atoms with Crippen LogP contribution in [0.25, 0.3) is 0 Å². The standard InChI is InChI=1S/C22H34N4O3/c1-16-23-13-20(21(27)24-16)22(28)26(15-19-7-4-12-29-19)14-17-8-10-25(11-9-17)18-5-2-3-6-18/h13,17-19H,2-12,14-15H2,1H3,(H,23,24,27). The Kier molecular flexibility index (Phi) is 6.65. The molecule has 1 aromatic rings. The largest absolute Gasteiger partial charge is 0.376 e. The van der Waals surface area contributed by atoms with Crippen molar-refractivity contribution in [3.8, 4) is 0 Å². The highest BCUT2D eigenvalue weighted by atomic mass is 16.5. The van der Waals surface area contributed by atoms with Gasteiger partial charge in [0.25, 0.3) is 11.5 Å². The normalized spacial score (nSPS) is 24.2. The van der Waals surface area contributed by atoms with Crippen LogP contribution in [0.1, 0.15) is 67.5 Å². The summed E-state index contributed by atoms with van der Waals surface area (Å²) >= 11 is 0. The Hall–Kier alpha value is -1.73. The van der Waals surface area contributed by atoms with Crippen molar-refractivity contribution >= 4 is 5.91 Å². The van der Waals surface area contributed by atoms with E-state index < -0.39 is 0 Å². The van der Waals surface area contributed by atoms with Gasteiger partial charge in [-0.25, -0.2) is 4.98 Å². The van der Waals surface area contributed by atoms with Crippen molar-refractivity contribution in [2.75, 3.05) is 32.8 Å². The number of aromatic amines is 1. The molecule has 3 heterocycles. The molecule has 29 heavy (non-hydrogen) atoms. The van der Waals surface area contributed by atoms with Gasteiger partial charge in [0.2, 0.25) is 0 Å². The van der Waals surface area contributed by atoms with E-state index >= 15 is 0 Å². The average molecular weight is 403 g/mol. The molecular formula is C22H34N4O3. The molecule has 0 radical (unpaired) electrons. The molecule has 160 valence electrons. The van der Waals surface area contributed by atoms with Crippen LogP contribution in [0.3, 0.4) is 0 Å². The molecule has 1 aromatic heterocycles. The number of rotatable bonds is 6. The zero-order chi connectivity index (χ0) is 20.2. The summed E-state index contributed by atoms with van der Waals surface area (Å²) in [5.74, 6) is 0.791. The predicted octanol–water partition coefficient (Wildman–Crippen LogP) is 2.35. The monoisotopic (exact) mass is 402 g/mol. The quantitative estimate of drug-likeness (QED) is 0.790. The number of carbonyl (C=O) groups is 1. The molecule has 1 aliphatic carbocycles. The van der Waals surface area contributed by atoms with Gasteiger partial charge in [-0.1, -0.05) is 12.8 Å². The number of aromatic nitrogens is 2. The van der Waals surface area contributed by atoms with Crippen LogP contribution in [-0.4, -0.2) is 70.6 Å². The fraction of sp³-hybridized carbons (Fsp3) is 0.773. The van der Waals surface area contributed by atoms with Crippen molar-refractivity contribution in [2.24, 2.45) is 5.92 Å². The third-order valence-electron chi connectivity index (χ3n) is 6.86. The van der Waals surface area contributed by atoms with E-state index in [1.165, 1.54) is 31.9 Å². The molecule has 4 rings (SSSR count). The maximum absolute atomic E-state index is 13.2. The molecule has 1 atom stereocenters. The predicted molar refractivity (Wildman–Crippen MR) is 111 cm³/mol.